The molecule has 1 nitrogen and oxygen atoms in total. The second kappa shape index (κ2) is 8.94. The molecule has 0 spiro atoms. The number of fused-ring (bicyclic) bond motifs is 18. The molecule has 11 rings (SSSR count). The SMILES string of the molecule is c1ccc2c(-c3ccc4c(c3)sc3c4ccc4c3oc3c4c4ccccc4c4c5ccccc5c5ccccc5c34)cccc2c1. The van der Waals surface area contributed by atoms with Crippen molar-refractivity contribution in [3.63, 3.8) is 0 Å². The van der Waals surface area contributed by atoms with Crippen molar-refractivity contribution >= 4 is 107 Å². The molecule has 2 aromatic heterocycles. The van der Waals surface area contributed by atoms with Crippen LogP contribution >= 0.6 is 11.3 Å². The summed E-state index contributed by atoms with van der Waals surface area (Å²) in [6.07, 6.45) is 0. The molecule has 0 bridgehead atoms. The molecule has 0 unspecified atom stereocenters. The number of hydrogen-bond acceptors (Lipinski definition) is 2. The van der Waals surface area contributed by atoms with Crippen LogP contribution in [0.4, 0.5) is 0 Å². The largest absolute Gasteiger partial charge is 0.454 e. The van der Waals surface area contributed by atoms with Crippen LogP contribution in [0.3, 0.4) is 0 Å². The highest BCUT2D eigenvalue weighted by molar-refractivity contribution is 7.26. The van der Waals surface area contributed by atoms with Crippen molar-refractivity contribution in [2.75, 3.05) is 0 Å². The Morgan fingerprint density at radius 2 is 0.935 bits per heavy atom. The van der Waals surface area contributed by atoms with Gasteiger partial charge in [0.2, 0.25) is 0 Å². The molecule has 0 aliphatic carbocycles. The van der Waals surface area contributed by atoms with Crippen molar-refractivity contribution in [2.24, 2.45) is 0 Å². The molecule has 0 atom stereocenters. The molecule has 46 heavy (non-hydrogen) atoms. The minimum atomic E-state index is 0.979. The summed E-state index contributed by atoms with van der Waals surface area (Å²) in [5, 5.41) is 17.5. The fourth-order valence-electron chi connectivity index (χ4n) is 8.05. The Morgan fingerprint density at radius 1 is 0.370 bits per heavy atom. The van der Waals surface area contributed by atoms with E-state index < -0.39 is 0 Å². The second-order valence-electron chi connectivity index (χ2n) is 12.4. The maximum Gasteiger partial charge on any atom is 0.153 e. The maximum atomic E-state index is 7.16. The average molecular weight is 601 g/mol. The molecular formula is C44H24OS. The Hall–Kier alpha value is -5.70. The highest BCUT2D eigenvalue weighted by atomic mass is 32.1. The van der Waals surface area contributed by atoms with Crippen LogP contribution in [0.2, 0.25) is 0 Å². The van der Waals surface area contributed by atoms with E-state index in [4.69, 9.17) is 4.42 Å². The van der Waals surface area contributed by atoms with E-state index in [-0.39, 0.29) is 0 Å². The zero-order valence-electron chi connectivity index (χ0n) is 24.7. The van der Waals surface area contributed by atoms with Crippen LogP contribution in [-0.2, 0) is 0 Å². The first-order valence-corrected chi connectivity index (χ1v) is 16.6. The molecule has 0 aliphatic heterocycles. The molecule has 0 N–H and O–H groups in total. The first kappa shape index (κ1) is 24.6. The third-order valence-corrected chi connectivity index (χ3v) is 11.2. The van der Waals surface area contributed by atoms with Gasteiger partial charge in [0.05, 0.1) is 4.70 Å². The van der Waals surface area contributed by atoms with E-state index >= 15 is 0 Å². The minimum absolute atomic E-state index is 0.979. The first-order chi connectivity index (χ1) is 22.8. The Balaban J connectivity index is 1.29. The lowest BCUT2D eigenvalue weighted by Gasteiger charge is -2.13. The van der Waals surface area contributed by atoms with Crippen LogP contribution in [0, 0.1) is 0 Å². The van der Waals surface area contributed by atoms with Gasteiger partial charge in [-0.2, -0.15) is 0 Å². The fraction of sp³-hybridized carbons (Fsp3) is 0. The van der Waals surface area contributed by atoms with Gasteiger partial charge in [0.1, 0.15) is 5.58 Å². The van der Waals surface area contributed by atoms with Crippen molar-refractivity contribution in [1.29, 1.82) is 0 Å². The quantitative estimate of drug-likeness (QED) is 0.171. The van der Waals surface area contributed by atoms with Gasteiger partial charge >= 0.3 is 0 Å². The normalized spacial score (nSPS) is 12.3. The Morgan fingerprint density at radius 3 is 1.70 bits per heavy atom. The summed E-state index contributed by atoms with van der Waals surface area (Å²) in [4.78, 5) is 0. The molecule has 0 amide bonds. The molecule has 212 valence electrons. The second-order valence-corrected chi connectivity index (χ2v) is 13.4. The standard InChI is InChI=1S/C44H24OS/c1-2-12-27-25(10-1)11-9-19-28(27)26-20-21-31-36-22-23-37-40-35-18-8-7-17-34(35)39-32-15-5-3-13-29(32)30-14-4-6-16-33(30)41(39)43(40)45-42(37)44(36)46-38(31)24-26/h1-24H. The molecule has 0 saturated carbocycles. The van der Waals surface area contributed by atoms with E-state index in [0.717, 1.165) is 11.2 Å². The summed E-state index contributed by atoms with van der Waals surface area (Å²) in [7, 11) is 0. The lowest BCUT2D eigenvalue weighted by atomic mass is 9.89. The summed E-state index contributed by atoms with van der Waals surface area (Å²) in [6, 6.07) is 53.2. The van der Waals surface area contributed by atoms with Crippen LogP contribution in [-0.4, -0.2) is 0 Å². The summed E-state index contributed by atoms with van der Waals surface area (Å²) >= 11 is 1.84. The van der Waals surface area contributed by atoms with Crippen LogP contribution in [0.15, 0.2) is 150 Å². The monoisotopic (exact) mass is 600 g/mol. The van der Waals surface area contributed by atoms with Crippen molar-refractivity contribution in [2.45, 2.75) is 0 Å². The van der Waals surface area contributed by atoms with Gasteiger partial charge in [-0.05, 0) is 66.3 Å². The number of furan rings is 1. The molecule has 2 heterocycles. The highest BCUT2D eigenvalue weighted by Gasteiger charge is 2.22. The highest BCUT2D eigenvalue weighted by Crippen LogP contribution is 2.49. The van der Waals surface area contributed by atoms with E-state index in [1.165, 1.54) is 95.9 Å². The molecule has 0 aliphatic rings. The van der Waals surface area contributed by atoms with E-state index in [1.807, 2.05) is 11.3 Å². The molecule has 2 heteroatoms. The number of benzene rings is 9. The molecular weight excluding hydrogens is 577 g/mol. The van der Waals surface area contributed by atoms with Gasteiger partial charge < -0.3 is 4.42 Å². The minimum Gasteiger partial charge on any atom is -0.454 e. The van der Waals surface area contributed by atoms with E-state index in [0.29, 0.717) is 0 Å². The molecule has 0 saturated heterocycles. The van der Waals surface area contributed by atoms with Crippen molar-refractivity contribution in [3.8, 4) is 11.1 Å². The van der Waals surface area contributed by atoms with Crippen LogP contribution in [0.5, 0.6) is 0 Å². The molecule has 0 radical (unpaired) electrons. The Labute approximate surface area is 267 Å². The number of rotatable bonds is 1. The van der Waals surface area contributed by atoms with Crippen LogP contribution in [0.1, 0.15) is 0 Å². The Bertz CT molecular complexity index is 3080. The third kappa shape index (κ3) is 3.14. The zero-order valence-corrected chi connectivity index (χ0v) is 25.5. The third-order valence-electron chi connectivity index (χ3n) is 10.0. The fourth-order valence-corrected chi connectivity index (χ4v) is 9.28. The van der Waals surface area contributed by atoms with Crippen molar-refractivity contribution < 1.29 is 4.42 Å². The zero-order chi connectivity index (χ0) is 29.9. The molecule has 9 aromatic carbocycles. The lowest BCUT2D eigenvalue weighted by Crippen LogP contribution is -1.86. The predicted octanol–water partition coefficient (Wildman–Crippen LogP) is 13.4. The van der Waals surface area contributed by atoms with Crippen LogP contribution in [0.25, 0.3) is 107 Å². The average Bonchev–Trinajstić information content (AvgIpc) is 3.70. The molecule has 11 aromatic rings. The van der Waals surface area contributed by atoms with Gasteiger partial charge in [-0.25, -0.2) is 0 Å². The van der Waals surface area contributed by atoms with Gasteiger partial charge in [-0.1, -0.05) is 133 Å². The van der Waals surface area contributed by atoms with E-state index in [2.05, 4.69) is 146 Å². The van der Waals surface area contributed by atoms with Crippen molar-refractivity contribution in [1.82, 2.24) is 0 Å². The van der Waals surface area contributed by atoms with Gasteiger partial charge in [-0.3, -0.25) is 0 Å². The summed E-state index contributed by atoms with van der Waals surface area (Å²) < 4.78 is 9.64. The maximum absolute atomic E-state index is 7.16. The lowest BCUT2D eigenvalue weighted by molar-refractivity contribution is 0.677. The number of thiophene rings is 1. The summed E-state index contributed by atoms with van der Waals surface area (Å²) in [5.74, 6) is 0. The molecule has 0 fully saturated rings. The summed E-state index contributed by atoms with van der Waals surface area (Å²) in [6.45, 7) is 0. The van der Waals surface area contributed by atoms with Gasteiger partial charge in [-0.15, -0.1) is 11.3 Å². The van der Waals surface area contributed by atoms with Crippen molar-refractivity contribution in [3.05, 3.63) is 146 Å². The smallest absolute Gasteiger partial charge is 0.153 e. The topological polar surface area (TPSA) is 13.1 Å². The summed E-state index contributed by atoms with van der Waals surface area (Å²) in [5.41, 5.74) is 4.47. The first-order valence-electron chi connectivity index (χ1n) is 15.8. The van der Waals surface area contributed by atoms with E-state index in [9.17, 15) is 0 Å². The van der Waals surface area contributed by atoms with E-state index in [1.54, 1.807) is 0 Å². The van der Waals surface area contributed by atoms with Crippen LogP contribution < -0.4 is 0 Å². The van der Waals surface area contributed by atoms with Gasteiger partial charge in [0.25, 0.3) is 0 Å². The predicted molar refractivity (Wildman–Crippen MR) is 200 cm³/mol. The van der Waals surface area contributed by atoms with Gasteiger partial charge in [0, 0.05) is 37.0 Å². The van der Waals surface area contributed by atoms with Gasteiger partial charge in [0.15, 0.2) is 5.58 Å². The Kier molecular flexibility index (Phi) is 4.78. The number of hydrogen-bond donors (Lipinski definition) is 0.